The van der Waals surface area contributed by atoms with Crippen molar-refractivity contribution in [1.29, 1.82) is 0 Å². The Kier molecular flexibility index (Phi) is 5.46. The molecule has 7 nitrogen and oxygen atoms in total. The van der Waals surface area contributed by atoms with Crippen molar-refractivity contribution >= 4 is 5.97 Å². The van der Waals surface area contributed by atoms with Gasteiger partial charge in [0.25, 0.3) is 0 Å². The standard InChI is InChI=1S/C16H21N3O4/c1-10(2)15-17-13(23-18-15)8-19(3)14(16(21)22)12-6-4-11(9-20)5-7-12/h4-7,10,14,20H,8-9H2,1-3H3,(H,21,22). The third-order valence-corrected chi connectivity index (χ3v) is 3.54. The number of aromatic nitrogens is 2. The zero-order valence-corrected chi connectivity index (χ0v) is 13.4. The summed E-state index contributed by atoms with van der Waals surface area (Å²) in [6, 6.07) is 5.99. The predicted molar refractivity (Wildman–Crippen MR) is 82.6 cm³/mol. The number of carboxylic acids is 1. The van der Waals surface area contributed by atoms with Crippen LogP contribution < -0.4 is 0 Å². The number of rotatable bonds is 7. The minimum atomic E-state index is -0.965. The molecule has 1 aromatic carbocycles. The second-order valence-electron chi connectivity index (χ2n) is 5.76. The Labute approximate surface area is 134 Å². The highest BCUT2D eigenvalue weighted by Gasteiger charge is 2.26. The first-order valence-electron chi connectivity index (χ1n) is 7.37. The first-order chi connectivity index (χ1) is 10.9. The van der Waals surface area contributed by atoms with E-state index in [0.717, 1.165) is 5.56 Å². The molecule has 2 rings (SSSR count). The van der Waals surface area contributed by atoms with Crippen molar-refractivity contribution in [1.82, 2.24) is 15.0 Å². The zero-order valence-electron chi connectivity index (χ0n) is 13.4. The first-order valence-corrected chi connectivity index (χ1v) is 7.37. The Morgan fingerprint density at radius 1 is 1.30 bits per heavy atom. The molecule has 7 heteroatoms. The molecule has 0 aliphatic heterocycles. The largest absolute Gasteiger partial charge is 0.480 e. The Hall–Kier alpha value is -2.25. The van der Waals surface area contributed by atoms with E-state index in [9.17, 15) is 9.90 Å². The number of carboxylic acid groups (broad SMARTS) is 1. The lowest BCUT2D eigenvalue weighted by Crippen LogP contribution is -2.30. The summed E-state index contributed by atoms with van der Waals surface area (Å²) >= 11 is 0. The second-order valence-corrected chi connectivity index (χ2v) is 5.76. The van der Waals surface area contributed by atoms with Crippen LogP contribution in [-0.4, -0.2) is 38.3 Å². The SMILES string of the molecule is CC(C)c1noc(CN(C)C(C(=O)O)c2ccc(CO)cc2)n1. The Balaban J connectivity index is 2.16. The molecule has 1 aromatic heterocycles. The molecule has 0 spiro atoms. The van der Waals surface area contributed by atoms with Gasteiger partial charge in [-0.15, -0.1) is 0 Å². The minimum absolute atomic E-state index is 0.0756. The third-order valence-electron chi connectivity index (χ3n) is 3.54. The van der Waals surface area contributed by atoms with Crippen molar-refractivity contribution in [3.8, 4) is 0 Å². The number of aliphatic carboxylic acids is 1. The lowest BCUT2D eigenvalue weighted by Gasteiger charge is -2.23. The van der Waals surface area contributed by atoms with Crippen LogP contribution in [0.5, 0.6) is 0 Å². The fraction of sp³-hybridized carbons (Fsp3) is 0.438. The van der Waals surface area contributed by atoms with Crippen LogP contribution in [0.2, 0.25) is 0 Å². The third kappa shape index (κ3) is 4.14. The molecule has 0 aliphatic carbocycles. The minimum Gasteiger partial charge on any atom is -0.480 e. The lowest BCUT2D eigenvalue weighted by molar-refractivity contribution is -0.143. The smallest absolute Gasteiger partial charge is 0.325 e. The quantitative estimate of drug-likeness (QED) is 0.804. The number of aliphatic hydroxyl groups excluding tert-OH is 1. The molecule has 1 heterocycles. The molecule has 0 saturated heterocycles. The molecule has 124 valence electrons. The van der Waals surface area contributed by atoms with Gasteiger partial charge in [-0.25, -0.2) is 0 Å². The van der Waals surface area contributed by atoms with E-state index >= 15 is 0 Å². The summed E-state index contributed by atoms with van der Waals surface area (Å²) < 4.78 is 5.17. The van der Waals surface area contributed by atoms with Gasteiger partial charge in [-0.3, -0.25) is 9.69 Å². The summed E-state index contributed by atoms with van der Waals surface area (Å²) in [5.41, 5.74) is 1.36. The van der Waals surface area contributed by atoms with E-state index < -0.39 is 12.0 Å². The number of aliphatic hydroxyl groups is 1. The Morgan fingerprint density at radius 2 is 1.96 bits per heavy atom. The van der Waals surface area contributed by atoms with Gasteiger partial charge in [0.1, 0.15) is 6.04 Å². The molecule has 1 atom stereocenters. The van der Waals surface area contributed by atoms with Crippen molar-refractivity contribution in [2.24, 2.45) is 0 Å². The molecule has 2 N–H and O–H groups in total. The normalized spacial score (nSPS) is 12.8. The molecule has 0 saturated carbocycles. The molecule has 23 heavy (non-hydrogen) atoms. The van der Waals surface area contributed by atoms with Crippen LogP contribution in [-0.2, 0) is 17.9 Å². The summed E-state index contributed by atoms with van der Waals surface area (Å²) in [6.45, 7) is 4.08. The van der Waals surface area contributed by atoms with E-state index in [-0.39, 0.29) is 19.1 Å². The van der Waals surface area contributed by atoms with Crippen LogP contribution in [0.25, 0.3) is 0 Å². The maximum absolute atomic E-state index is 11.6. The lowest BCUT2D eigenvalue weighted by atomic mass is 10.0. The van der Waals surface area contributed by atoms with Crippen molar-refractivity contribution in [3.05, 3.63) is 47.1 Å². The molecule has 2 aromatic rings. The van der Waals surface area contributed by atoms with Crippen molar-refractivity contribution < 1.29 is 19.5 Å². The topological polar surface area (TPSA) is 99.7 Å². The van der Waals surface area contributed by atoms with Crippen molar-refractivity contribution in [2.45, 2.75) is 39.0 Å². The maximum atomic E-state index is 11.6. The van der Waals surface area contributed by atoms with Crippen LogP contribution >= 0.6 is 0 Å². The molecule has 0 fully saturated rings. The van der Waals surface area contributed by atoms with Crippen molar-refractivity contribution in [2.75, 3.05) is 7.05 Å². The van der Waals surface area contributed by atoms with Crippen LogP contribution in [0, 0.1) is 0 Å². The number of hydrogen-bond donors (Lipinski definition) is 2. The van der Waals surface area contributed by atoms with E-state index in [1.807, 2.05) is 13.8 Å². The van der Waals surface area contributed by atoms with Gasteiger partial charge in [-0.05, 0) is 18.2 Å². The predicted octanol–water partition coefficient (Wildman–Crippen LogP) is 1.94. The van der Waals surface area contributed by atoms with Gasteiger partial charge in [0.15, 0.2) is 5.82 Å². The van der Waals surface area contributed by atoms with E-state index in [4.69, 9.17) is 9.63 Å². The monoisotopic (exact) mass is 319 g/mol. The van der Waals surface area contributed by atoms with Crippen LogP contribution in [0.15, 0.2) is 28.8 Å². The number of likely N-dealkylation sites (N-methyl/N-ethyl adjacent to an activating group) is 1. The van der Waals surface area contributed by atoms with Crippen LogP contribution in [0.4, 0.5) is 0 Å². The molecule has 1 unspecified atom stereocenters. The Morgan fingerprint density at radius 3 is 2.43 bits per heavy atom. The van der Waals surface area contributed by atoms with E-state index in [1.165, 1.54) is 0 Å². The van der Waals surface area contributed by atoms with Gasteiger partial charge in [0.2, 0.25) is 5.89 Å². The van der Waals surface area contributed by atoms with Gasteiger partial charge in [0.05, 0.1) is 13.2 Å². The zero-order chi connectivity index (χ0) is 17.0. The molecule has 0 bridgehead atoms. The number of benzene rings is 1. The second kappa shape index (κ2) is 7.34. The van der Waals surface area contributed by atoms with Gasteiger partial charge in [-0.2, -0.15) is 4.98 Å². The summed E-state index contributed by atoms with van der Waals surface area (Å²) in [4.78, 5) is 17.5. The fourth-order valence-corrected chi connectivity index (χ4v) is 2.26. The fourth-order valence-electron chi connectivity index (χ4n) is 2.26. The highest BCUT2D eigenvalue weighted by Crippen LogP contribution is 2.22. The van der Waals surface area contributed by atoms with E-state index in [2.05, 4.69) is 10.1 Å². The van der Waals surface area contributed by atoms with Crippen LogP contribution in [0.1, 0.15) is 48.6 Å². The highest BCUT2D eigenvalue weighted by molar-refractivity contribution is 5.75. The average molecular weight is 319 g/mol. The van der Waals surface area contributed by atoms with Gasteiger partial charge in [-0.1, -0.05) is 43.3 Å². The number of carbonyl (C=O) groups is 1. The number of hydrogen-bond acceptors (Lipinski definition) is 6. The number of nitrogens with zero attached hydrogens (tertiary/aromatic N) is 3. The average Bonchev–Trinajstić information content (AvgIpc) is 2.96. The molecule has 0 radical (unpaired) electrons. The Bertz CT molecular complexity index is 652. The summed E-state index contributed by atoms with van der Waals surface area (Å²) in [6.07, 6.45) is 0. The maximum Gasteiger partial charge on any atom is 0.325 e. The van der Waals surface area contributed by atoms with Gasteiger partial charge >= 0.3 is 5.97 Å². The first kappa shape index (κ1) is 17.1. The molecular weight excluding hydrogens is 298 g/mol. The summed E-state index contributed by atoms with van der Waals surface area (Å²) in [5.74, 6) is 0.175. The summed E-state index contributed by atoms with van der Waals surface area (Å²) in [5, 5.41) is 22.5. The van der Waals surface area contributed by atoms with Gasteiger partial charge in [0, 0.05) is 5.92 Å². The summed E-state index contributed by atoms with van der Waals surface area (Å²) in [7, 11) is 1.69. The molecule has 0 aliphatic rings. The van der Waals surface area contributed by atoms with Crippen LogP contribution in [0.3, 0.4) is 0 Å². The van der Waals surface area contributed by atoms with Crippen molar-refractivity contribution in [3.63, 3.8) is 0 Å². The molecule has 0 amide bonds. The highest BCUT2D eigenvalue weighted by atomic mass is 16.5. The van der Waals surface area contributed by atoms with Gasteiger partial charge < -0.3 is 14.7 Å². The van der Waals surface area contributed by atoms with E-state index in [1.54, 1.807) is 36.2 Å². The van der Waals surface area contributed by atoms with E-state index in [0.29, 0.717) is 17.3 Å². The molecular formula is C16H21N3O4.